The second kappa shape index (κ2) is 12.5. The summed E-state index contributed by atoms with van der Waals surface area (Å²) >= 11 is -2.36. The number of nitrogens with one attached hydrogen (secondary N) is 1. The van der Waals surface area contributed by atoms with Gasteiger partial charge in [0.15, 0.2) is 0 Å². The first-order chi connectivity index (χ1) is 13.5. The van der Waals surface area contributed by atoms with E-state index in [1.807, 2.05) is 3.33 Å². The van der Waals surface area contributed by atoms with Gasteiger partial charge in [-0.1, -0.05) is 0 Å². The van der Waals surface area contributed by atoms with Crippen LogP contribution in [0.5, 0.6) is 0 Å². The van der Waals surface area contributed by atoms with Crippen LogP contribution in [0.1, 0.15) is 48.0 Å². The van der Waals surface area contributed by atoms with Crippen molar-refractivity contribution in [1.29, 1.82) is 0 Å². The molecule has 2 atom stereocenters. The molecule has 0 saturated heterocycles. The number of allylic oxidation sites excluding steroid dienone is 4. The first kappa shape index (κ1) is 27.6. The van der Waals surface area contributed by atoms with Crippen LogP contribution >= 0.6 is 24.8 Å². The van der Waals surface area contributed by atoms with Crippen molar-refractivity contribution in [2.45, 2.75) is 54.0 Å². The topological polar surface area (TPSA) is 12.0 Å². The molecule has 163 valence electrons. The predicted molar refractivity (Wildman–Crippen MR) is 137 cm³/mol. The Morgan fingerprint density at radius 3 is 1.70 bits per heavy atom. The van der Waals surface area contributed by atoms with Crippen molar-refractivity contribution in [1.82, 2.24) is 3.30 Å². The van der Waals surface area contributed by atoms with Crippen LogP contribution < -0.4 is 13.7 Å². The van der Waals surface area contributed by atoms with Gasteiger partial charge in [-0.05, 0) is 0 Å². The fourth-order valence-corrected chi connectivity index (χ4v) is 37.5. The number of benzene rings is 2. The zero-order valence-electron chi connectivity index (χ0n) is 19.0. The molecule has 0 fully saturated rings. The molecule has 1 aliphatic rings. The maximum atomic E-state index is 4.30. The van der Waals surface area contributed by atoms with E-state index >= 15 is 0 Å². The van der Waals surface area contributed by atoms with Crippen LogP contribution in [0.3, 0.4) is 0 Å². The van der Waals surface area contributed by atoms with Gasteiger partial charge in [0, 0.05) is 0 Å². The smallest absolute Gasteiger partial charge is 0.147 e. The molecule has 5 heteroatoms. The van der Waals surface area contributed by atoms with Crippen molar-refractivity contribution in [2.75, 3.05) is 0 Å². The van der Waals surface area contributed by atoms with Gasteiger partial charge in [0.2, 0.25) is 0 Å². The molecular formula is C25H36Cl2HfNSi. The number of hydrogen-bond donors (Lipinski definition) is 1. The Hall–Kier alpha value is -0.453. The molecule has 0 heterocycles. The fourth-order valence-electron chi connectivity index (χ4n) is 4.30. The van der Waals surface area contributed by atoms with E-state index in [4.69, 9.17) is 0 Å². The molecule has 2 aromatic carbocycles. The summed E-state index contributed by atoms with van der Waals surface area (Å²) < 4.78 is 6.14. The molecule has 0 spiro atoms. The Kier molecular flexibility index (Phi) is 11.5. The maximum absolute atomic E-state index is 4.30. The van der Waals surface area contributed by atoms with Gasteiger partial charge in [0.25, 0.3) is 0 Å². The third-order valence-corrected chi connectivity index (χ3v) is 34.4. The summed E-state index contributed by atoms with van der Waals surface area (Å²) in [6.07, 6.45) is 1.20. The van der Waals surface area contributed by atoms with E-state index in [0.717, 1.165) is 0 Å². The molecule has 1 aliphatic carbocycles. The summed E-state index contributed by atoms with van der Waals surface area (Å²) in [6.45, 7) is 14.2. The molecular weight excluding hydrogens is 592 g/mol. The standard InChI is InChI=1S/C12H11Si.C9H13.C4H10N.2ClH.Hf/c1-3-7-11(8-4-1)13-12-9-5-2-6-10-12;1-6-5-7(2)9(4)8(6)3;1-3-4(2)5;;;/h1-10,13H;6H,1-4H3;4-5H,3H2,1-2H3;2*1H;/q;;-1;;;+1. The Bertz CT molecular complexity index is 828. The molecule has 0 aliphatic heterocycles. The summed E-state index contributed by atoms with van der Waals surface area (Å²) in [5.74, 6) is -0.691. The van der Waals surface area contributed by atoms with Crippen LogP contribution in [0.2, 0.25) is 0 Å². The zero-order valence-corrected chi connectivity index (χ0v) is 25.4. The first-order valence-electron chi connectivity index (χ1n) is 10.6. The van der Waals surface area contributed by atoms with Gasteiger partial charge in [0.1, 0.15) is 0 Å². The van der Waals surface area contributed by atoms with E-state index in [2.05, 4.69) is 106 Å². The molecule has 2 aromatic rings. The summed E-state index contributed by atoms with van der Waals surface area (Å²) in [6, 6.07) is 23.4. The summed E-state index contributed by atoms with van der Waals surface area (Å²) in [7, 11) is 0. The molecule has 0 saturated carbocycles. The van der Waals surface area contributed by atoms with Crippen molar-refractivity contribution >= 4 is 41.2 Å². The molecule has 0 amide bonds. The Morgan fingerprint density at radius 2 is 1.33 bits per heavy atom. The predicted octanol–water partition coefficient (Wildman–Crippen LogP) is 5.55. The molecule has 1 nitrogen and oxygen atoms in total. The van der Waals surface area contributed by atoms with Gasteiger partial charge in [-0.15, -0.1) is 24.8 Å². The number of rotatable bonds is 7. The number of halogens is 2. The van der Waals surface area contributed by atoms with Crippen LogP contribution in [-0.4, -0.2) is 12.0 Å². The van der Waals surface area contributed by atoms with Crippen molar-refractivity contribution in [2.24, 2.45) is 5.92 Å². The van der Waals surface area contributed by atoms with E-state index in [0.29, 0.717) is 12.0 Å². The average Bonchev–Trinajstić information content (AvgIpc) is 2.92. The number of hydrogen-bond acceptors (Lipinski definition) is 1. The van der Waals surface area contributed by atoms with Crippen molar-refractivity contribution < 1.29 is 20.9 Å². The zero-order chi connectivity index (χ0) is 20.3. The Labute approximate surface area is 204 Å². The molecule has 0 aromatic heterocycles. The normalized spacial score (nSPS) is 17.0. The van der Waals surface area contributed by atoms with Gasteiger partial charge in [0.05, 0.1) is 0 Å². The van der Waals surface area contributed by atoms with E-state index in [9.17, 15) is 0 Å². The van der Waals surface area contributed by atoms with Crippen LogP contribution in [0.15, 0.2) is 80.7 Å². The minimum absolute atomic E-state index is 0. The molecule has 0 radical (unpaired) electrons. The van der Waals surface area contributed by atoms with Crippen LogP contribution in [0, 0.1) is 5.92 Å². The monoisotopic (exact) mass is 628 g/mol. The summed E-state index contributed by atoms with van der Waals surface area (Å²) in [5, 5.41) is 3.22. The summed E-state index contributed by atoms with van der Waals surface area (Å²) in [5.41, 5.74) is 4.74. The molecule has 1 N–H and O–H groups in total. The SMILES string of the molecule is CCC(C)[NH][Hf]([C]1=C(C)C(C)=C(C)C1C)[SiH](c1ccccc1)c1ccccc1.Cl.Cl. The van der Waals surface area contributed by atoms with E-state index in [-0.39, 0.29) is 24.8 Å². The maximum Gasteiger partial charge on any atom is -0.147 e. The largest absolute Gasteiger partial charge is 0.147 e. The molecule has 30 heavy (non-hydrogen) atoms. The van der Waals surface area contributed by atoms with Crippen molar-refractivity contribution in [3.8, 4) is 0 Å². The third-order valence-electron chi connectivity index (χ3n) is 6.50. The second-order valence-corrected chi connectivity index (χ2v) is 27.3. The van der Waals surface area contributed by atoms with Crippen LogP contribution in [0.4, 0.5) is 0 Å². The Balaban J connectivity index is 0.00000225. The quantitative estimate of drug-likeness (QED) is 0.397. The van der Waals surface area contributed by atoms with Crippen molar-refractivity contribution in [3.05, 3.63) is 80.7 Å². The molecule has 2 unspecified atom stereocenters. The van der Waals surface area contributed by atoms with Gasteiger partial charge in [-0.25, -0.2) is 0 Å². The molecule has 0 bridgehead atoms. The van der Waals surface area contributed by atoms with Crippen LogP contribution in [0.25, 0.3) is 0 Å². The average molecular weight is 628 g/mol. The van der Waals surface area contributed by atoms with Crippen molar-refractivity contribution in [3.63, 3.8) is 0 Å². The fraction of sp³-hybridized carbons (Fsp3) is 0.360. The van der Waals surface area contributed by atoms with E-state index in [1.54, 1.807) is 27.1 Å². The van der Waals surface area contributed by atoms with Gasteiger partial charge in [-0.2, -0.15) is 0 Å². The van der Waals surface area contributed by atoms with Gasteiger partial charge < -0.3 is 0 Å². The second-order valence-electron chi connectivity index (χ2n) is 8.19. The van der Waals surface area contributed by atoms with Crippen LogP contribution in [-0.2, 0) is 20.9 Å². The van der Waals surface area contributed by atoms with Gasteiger partial charge in [-0.3, -0.25) is 0 Å². The first-order valence-corrected chi connectivity index (χ1v) is 22.1. The summed E-state index contributed by atoms with van der Waals surface area (Å²) in [4.78, 5) is 0. The molecule has 3 rings (SSSR count). The third kappa shape index (κ3) is 5.86. The van der Waals surface area contributed by atoms with Gasteiger partial charge >= 0.3 is 181 Å². The van der Waals surface area contributed by atoms with E-state index in [1.165, 1.54) is 6.42 Å². The Morgan fingerprint density at radius 1 is 0.867 bits per heavy atom. The van der Waals surface area contributed by atoms with E-state index < -0.39 is 26.9 Å². The minimum atomic E-state index is -2.36. The minimum Gasteiger partial charge on any atom is -0.147 e.